The van der Waals surface area contributed by atoms with Gasteiger partial charge in [-0.3, -0.25) is 4.79 Å². The Hall–Kier alpha value is -2.83. The van der Waals surface area contributed by atoms with E-state index in [0.717, 1.165) is 30.8 Å². The van der Waals surface area contributed by atoms with E-state index in [1.807, 2.05) is 18.7 Å². The van der Waals surface area contributed by atoms with E-state index in [4.69, 9.17) is 4.52 Å². The van der Waals surface area contributed by atoms with Gasteiger partial charge in [0.15, 0.2) is 0 Å². The second-order valence-corrected chi connectivity index (χ2v) is 7.66. The van der Waals surface area contributed by atoms with E-state index in [0.29, 0.717) is 29.5 Å². The van der Waals surface area contributed by atoms with Crippen molar-refractivity contribution in [2.24, 2.45) is 5.92 Å². The number of aromatic nitrogens is 1. The van der Waals surface area contributed by atoms with Crippen LogP contribution < -0.4 is 5.32 Å². The number of hydrogen-bond donors (Lipinski definition) is 1. The molecule has 3 rings (SSSR count). The number of aryl methyl sites for hydroxylation is 2. The van der Waals surface area contributed by atoms with Gasteiger partial charge in [0, 0.05) is 37.0 Å². The van der Waals surface area contributed by atoms with Gasteiger partial charge in [0.1, 0.15) is 5.76 Å². The molecule has 3 amide bonds. The number of piperidine rings is 1. The third kappa shape index (κ3) is 4.52. The summed E-state index contributed by atoms with van der Waals surface area (Å²) in [5.41, 5.74) is 3.00. The summed E-state index contributed by atoms with van der Waals surface area (Å²) in [6.45, 7) is 7.90. The fourth-order valence-corrected chi connectivity index (χ4v) is 3.51. The van der Waals surface area contributed by atoms with Crippen LogP contribution >= 0.6 is 0 Å². The number of nitrogens with one attached hydrogen (secondary N) is 1. The zero-order valence-electron chi connectivity index (χ0n) is 17.0. The lowest BCUT2D eigenvalue weighted by molar-refractivity contribution is 0.0683. The summed E-state index contributed by atoms with van der Waals surface area (Å²) < 4.78 is 5.14. The largest absolute Gasteiger partial charge is 0.361 e. The number of urea groups is 1. The molecule has 2 aromatic rings. The Labute approximate surface area is 165 Å². The summed E-state index contributed by atoms with van der Waals surface area (Å²) in [6, 6.07) is 6.84. The summed E-state index contributed by atoms with van der Waals surface area (Å²) in [4.78, 5) is 28.6. The SMILES string of the molecule is Cc1noc(C)c1CN(C)C(=O)Nc1ccc(C(=O)N2CCC[C@@H](C)C2)cc1. The van der Waals surface area contributed by atoms with Crippen molar-refractivity contribution in [3.8, 4) is 0 Å². The third-order valence-electron chi connectivity index (χ3n) is 5.25. The summed E-state index contributed by atoms with van der Waals surface area (Å²) in [7, 11) is 1.72. The van der Waals surface area contributed by atoms with Crippen LogP contribution in [0.4, 0.5) is 10.5 Å². The van der Waals surface area contributed by atoms with Gasteiger partial charge >= 0.3 is 6.03 Å². The number of rotatable bonds is 4. The van der Waals surface area contributed by atoms with E-state index >= 15 is 0 Å². The van der Waals surface area contributed by atoms with E-state index in [1.54, 1.807) is 36.2 Å². The van der Waals surface area contributed by atoms with Gasteiger partial charge in [-0.05, 0) is 56.9 Å². The van der Waals surface area contributed by atoms with Gasteiger partial charge < -0.3 is 19.6 Å². The Morgan fingerprint density at radius 1 is 1.29 bits per heavy atom. The minimum Gasteiger partial charge on any atom is -0.361 e. The maximum atomic E-state index is 12.6. The second-order valence-electron chi connectivity index (χ2n) is 7.66. The smallest absolute Gasteiger partial charge is 0.321 e. The maximum absolute atomic E-state index is 12.6. The van der Waals surface area contributed by atoms with Crippen molar-refractivity contribution in [2.75, 3.05) is 25.5 Å². The molecular weight excluding hydrogens is 356 g/mol. The molecule has 2 heterocycles. The Balaban J connectivity index is 1.59. The van der Waals surface area contributed by atoms with E-state index in [9.17, 15) is 9.59 Å². The van der Waals surface area contributed by atoms with Crippen LogP contribution in [0.2, 0.25) is 0 Å². The van der Waals surface area contributed by atoms with Crippen LogP contribution in [0, 0.1) is 19.8 Å². The molecular formula is C21H28N4O3. The van der Waals surface area contributed by atoms with Crippen LogP contribution in [-0.4, -0.2) is 47.0 Å². The van der Waals surface area contributed by atoms with E-state index in [2.05, 4.69) is 17.4 Å². The molecule has 1 atom stereocenters. The zero-order valence-corrected chi connectivity index (χ0v) is 17.0. The third-order valence-corrected chi connectivity index (χ3v) is 5.25. The number of carbonyl (C=O) groups is 2. The van der Waals surface area contributed by atoms with Crippen LogP contribution in [0.5, 0.6) is 0 Å². The molecule has 1 aromatic heterocycles. The zero-order chi connectivity index (χ0) is 20.3. The molecule has 0 aliphatic carbocycles. The van der Waals surface area contributed by atoms with Crippen LogP contribution in [0.25, 0.3) is 0 Å². The summed E-state index contributed by atoms with van der Waals surface area (Å²) in [5, 5.41) is 6.77. The summed E-state index contributed by atoms with van der Waals surface area (Å²) >= 11 is 0. The van der Waals surface area contributed by atoms with E-state index in [1.165, 1.54) is 6.42 Å². The number of amides is 3. The first kappa shape index (κ1) is 19.9. The first-order valence-electron chi connectivity index (χ1n) is 9.68. The Kier molecular flexibility index (Phi) is 6.02. The molecule has 150 valence electrons. The van der Waals surface area contributed by atoms with Gasteiger partial charge in [0.05, 0.1) is 12.2 Å². The minimum atomic E-state index is -0.232. The molecule has 1 aromatic carbocycles. The number of anilines is 1. The lowest BCUT2D eigenvalue weighted by Crippen LogP contribution is -2.39. The fourth-order valence-electron chi connectivity index (χ4n) is 3.51. The standard InChI is InChI=1S/C21H28N4O3/c1-14-6-5-11-25(12-14)20(26)17-7-9-18(10-8-17)22-21(27)24(4)13-19-15(2)23-28-16(19)3/h7-10,14H,5-6,11-13H2,1-4H3,(H,22,27)/t14-/m1/s1. The van der Waals surface area contributed by atoms with Crippen molar-refractivity contribution in [3.05, 3.63) is 46.8 Å². The highest BCUT2D eigenvalue weighted by atomic mass is 16.5. The average molecular weight is 384 g/mol. The number of hydrogen-bond acceptors (Lipinski definition) is 4. The molecule has 1 saturated heterocycles. The minimum absolute atomic E-state index is 0.0555. The molecule has 0 saturated carbocycles. The van der Waals surface area contributed by atoms with Crippen LogP contribution in [0.1, 0.15) is 47.1 Å². The van der Waals surface area contributed by atoms with Gasteiger partial charge in [0.2, 0.25) is 0 Å². The molecule has 0 bridgehead atoms. The Morgan fingerprint density at radius 2 is 2.00 bits per heavy atom. The lowest BCUT2D eigenvalue weighted by Gasteiger charge is -2.31. The van der Waals surface area contributed by atoms with Crippen molar-refractivity contribution in [3.63, 3.8) is 0 Å². The highest BCUT2D eigenvalue weighted by molar-refractivity contribution is 5.95. The highest BCUT2D eigenvalue weighted by Gasteiger charge is 2.22. The van der Waals surface area contributed by atoms with Crippen LogP contribution in [0.3, 0.4) is 0 Å². The number of carbonyl (C=O) groups excluding carboxylic acids is 2. The molecule has 28 heavy (non-hydrogen) atoms. The van der Waals surface area contributed by atoms with Gasteiger partial charge in [-0.1, -0.05) is 12.1 Å². The second kappa shape index (κ2) is 8.46. The van der Waals surface area contributed by atoms with Crippen LogP contribution in [-0.2, 0) is 6.54 Å². The number of likely N-dealkylation sites (tertiary alicyclic amines) is 1. The molecule has 1 aliphatic rings. The number of benzene rings is 1. The maximum Gasteiger partial charge on any atom is 0.321 e. The van der Waals surface area contributed by atoms with Crippen molar-refractivity contribution in [2.45, 2.75) is 40.2 Å². The highest BCUT2D eigenvalue weighted by Crippen LogP contribution is 2.19. The molecule has 7 nitrogen and oxygen atoms in total. The van der Waals surface area contributed by atoms with E-state index < -0.39 is 0 Å². The Bertz CT molecular complexity index is 824. The van der Waals surface area contributed by atoms with Crippen molar-refractivity contribution < 1.29 is 14.1 Å². The van der Waals surface area contributed by atoms with Crippen molar-refractivity contribution in [1.82, 2.24) is 15.0 Å². The van der Waals surface area contributed by atoms with Crippen molar-refractivity contribution >= 4 is 17.6 Å². The Morgan fingerprint density at radius 3 is 2.61 bits per heavy atom. The molecule has 0 spiro atoms. The first-order chi connectivity index (χ1) is 13.3. The predicted octanol–water partition coefficient (Wildman–Crippen LogP) is 3.83. The first-order valence-corrected chi connectivity index (χ1v) is 9.68. The van der Waals surface area contributed by atoms with Crippen molar-refractivity contribution in [1.29, 1.82) is 0 Å². The molecule has 1 fully saturated rings. The molecule has 0 unspecified atom stereocenters. The van der Waals surface area contributed by atoms with Gasteiger partial charge in [-0.15, -0.1) is 0 Å². The molecule has 1 N–H and O–H groups in total. The van der Waals surface area contributed by atoms with Gasteiger partial charge in [-0.25, -0.2) is 4.79 Å². The molecule has 1 aliphatic heterocycles. The summed E-state index contributed by atoms with van der Waals surface area (Å²) in [5.74, 6) is 1.32. The van der Waals surface area contributed by atoms with E-state index in [-0.39, 0.29) is 11.9 Å². The summed E-state index contributed by atoms with van der Waals surface area (Å²) in [6.07, 6.45) is 2.23. The number of nitrogens with zero attached hydrogens (tertiary/aromatic N) is 3. The fraction of sp³-hybridized carbons (Fsp3) is 0.476. The monoisotopic (exact) mass is 384 g/mol. The quantitative estimate of drug-likeness (QED) is 0.869. The average Bonchev–Trinajstić information content (AvgIpc) is 3.00. The molecule has 0 radical (unpaired) electrons. The van der Waals surface area contributed by atoms with Gasteiger partial charge in [0.25, 0.3) is 5.91 Å². The normalized spacial score (nSPS) is 16.7. The topological polar surface area (TPSA) is 78.7 Å². The molecule has 7 heteroatoms. The lowest BCUT2D eigenvalue weighted by atomic mass is 9.99. The van der Waals surface area contributed by atoms with Gasteiger partial charge in [-0.2, -0.15) is 0 Å². The van der Waals surface area contributed by atoms with Crippen LogP contribution in [0.15, 0.2) is 28.8 Å². The predicted molar refractivity (Wildman–Crippen MR) is 107 cm³/mol.